The van der Waals surface area contributed by atoms with Crippen molar-refractivity contribution in [1.82, 2.24) is 10.6 Å². The highest BCUT2D eigenvalue weighted by molar-refractivity contribution is 14.0. The van der Waals surface area contributed by atoms with Crippen LogP contribution in [0.4, 0.5) is 0 Å². The molecule has 28 heavy (non-hydrogen) atoms. The molecule has 5 nitrogen and oxygen atoms in total. The van der Waals surface area contributed by atoms with E-state index in [2.05, 4.69) is 39.9 Å². The zero-order valence-corrected chi connectivity index (χ0v) is 19.7. The van der Waals surface area contributed by atoms with Crippen molar-refractivity contribution >= 4 is 39.8 Å². The molecule has 1 aliphatic rings. The lowest BCUT2D eigenvalue weighted by atomic mass is 9.96. The zero-order valence-electron chi connectivity index (χ0n) is 16.5. The van der Waals surface area contributed by atoms with Crippen molar-refractivity contribution in [3.8, 4) is 0 Å². The standard InChI is InChI=1S/C21H27N3O2S.HI/c1-16-13-17(9-10-19(16)27(3,25)26)14-23-20(22-2)24-15-21(11-12-21)18-7-5-4-6-8-18;/h4-10,13H,11-12,14-15H2,1-3H3,(H2,22,23,24);1H. The Kier molecular flexibility index (Phi) is 7.50. The summed E-state index contributed by atoms with van der Waals surface area (Å²) in [6, 6.07) is 16.0. The van der Waals surface area contributed by atoms with Crippen LogP contribution in [0.2, 0.25) is 0 Å². The van der Waals surface area contributed by atoms with E-state index in [9.17, 15) is 8.42 Å². The van der Waals surface area contributed by atoms with Crippen molar-refractivity contribution < 1.29 is 8.42 Å². The first-order valence-corrected chi connectivity index (χ1v) is 11.0. The van der Waals surface area contributed by atoms with E-state index in [0.29, 0.717) is 11.4 Å². The van der Waals surface area contributed by atoms with Gasteiger partial charge in [-0.25, -0.2) is 8.42 Å². The summed E-state index contributed by atoms with van der Waals surface area (Å²) in [5.74, 6) is 0.752. The van der Waals surface area contributed by atoms with Gasteiger partial charge < -0.3 is 10.6 Å². The third kappa shape index (κ3) is 5.47. The molecular weight excluding hydrogens is 485 g/mol. The molecule has 0 saturated heterocycles. The van der Waals surface area contributed by atoms with Gasteiger partial charge >= 0.3 is 0 Å². The van der Waals surface area contributed by atoms with Crippen LogP contribution < -0.4 is 10.6 Å². The SMILES string of the molecule is CN=C(NCc1ccc(S(C)(=O)=O)c(C)c1)NCC1(c2ccccc2)CC1.I. The van der Waals surface area contributed by atoms with Crippen LogP contribution in [0.3, 0.4) is 0 Å². The summed E-state index contributed by atoms with van der Waals surface area (Å²) in [5, 5.41) is 6.75. The number of sulfone groups is 1. The minimum Gasteiger partial charge on any atom is -0.356 e. The fourth-order valence-corrected chi connectivity index (χ4v) is 4.37. The summed E-state index contributed by atoms with van der Waals surface area (Å²) in [6.45, 7) is 3.26. The van der Waals surface area contributed by atoms with Crippen molar-refractivity contribution in [3.63, 3.8) is 0 Å². The van der Waals surface area contributed by atoms with Gasteiger partial charge in [-0.1, -0.05) is 42.5 Å². The second kappa shape index (κ2) is 9.26. The molecule has 2 aromatic carbocycles. The number of hydrogen-bond acceptors (Lipinski definition) is 3. The molecule has 3 rings (SSSR count). The summed E-state index contributed by atoms with van der Waals surface area (Å²) in [5.41, 5.74) is 3.37. The van der Waals surface area contributed by atoms with Gasteiger partial charge in [-0.05, 0) is 42.5 Å². The molecule has 0 spiro atoms. The topological polar surface area (TPSA) is 70.6 Å². The number of nitrogens with one attached hydrogen (secondary N) is 2. The van der Waals surface area contributed by atoms with Gasteiger partial charge in [0, 0.05) is 31.8 Å². The van der Waals surface area contributed by atoms with E-state index in [1.807, 2.05) is 25.1 Å². The zero-order chi connectivity index (χ0) is 19.5. The number of benzene rings is 2. The Bertz CT molecular complexity index is 939. The van der Waals surface area contributed by atoms with E-state index in [0.717, 1.165) is 23.6 Å². The van der Waals surface area contributed by atoms with Gasteiger partial charge in [0.25, 0.3) is 0 Å². The van der Waals surface area contributed by atoms with Crippen molar-refractivity contribution in [2.45, 2.75) is 36.6 Å². The van der Waals surface area contributed by atoms with Crippen LogP contribution >= 0.6 is 24.0 Å². The van der Waals surface area contributed by atoms with E-state index < -0.39 is 9.84 Å². The van der Waals surface area contributed by atoms with Crippen LogP contribution in [0.5, 0.6) is 0 Å². The minimum atomic E-state index is -3.19. The first-order chi connectivity index (χ1) is 12.8. The third-order valence-corrected chi connectivity index (χ3v) is 6.41. The predicted octanol–water partition coefficient (Wildman–Crippen LogP) is 3.41. The van der Waals surface area contributed by atoms with Crippen LogP contribution in [0.15, 0.2) is 58.4 Å². The monoisotopic (exact) mass is 513 g/mol. The highest BCUT2D eigenvalue weighted by atomic mass is 127. The number of aryl methyl sites for hydroxylation is 1. The molecule has 2 N–H and O–H groups in total. The molecule has 0 unspecified atom stereocenters. The maximum Gasteiger partial charge on any atom is 0.191 e. The van der Waals surface area contributed by atoms with Gasteiger partial charge in [0.2, 0.25) is 0 Å². The number of nitrogens with zero attached hydrogens (tertiary/aromatic N) is 1. The largest absolute Gasteiger partial charge is 0.356 e. The fraction of sp³-hybridized carbons (Fsp3) is 0.381. The second-order valence-corrected chi connectivity index (χ2v) is 9.28. The van der Waals surface area contributed by atoms with E-state index in [4.69, 9.17) is 0 Å². The first-order valence-electron chi connectivity index (χ1n) is 9.14. The highest BCUT2D eigenvalue weighted by Gasteiger charge is 2.43. The third-order valence-electron chi connectivity index (χ3n) is 5.16. The summed E-state index contributed by atoms with van der Waals surface area (Å²) in [7, 11) is -1.43. The van der Waals surface area contributed by atoms with Crippen molar-refractivity contribution in [2.24, 2.45) is 4.99 Å². The van der Waals surface area contributed by atoms with Crippen molar-refractivity contribution in [2.75, 3.05) is 19.8 Å². The number of aliphatic imine (C=N–C) groups is 1. The normalized spacial score (nSPS) is 15.5. The maximum atomic E-state index is 11.7. The number of guanidine groups is 1. The Hall–Kier alpha value is -1.61. The Balaban J connectivity index is 0.00000280. The lowest BCUT2D eigenvalue weighted by molar-refractivity contribution is 0.601. The number of rotatable bonds is 6. The molecule has 0 atom stereocenters. The van der Waals surface area contributed by atoms with Crippen LogP contribution in [0.25, 0.3) is 0 Å². The molecule has 0 amide bonds. The molecule has 1 fully saturated rings. The second-order valence-electron chi connectivity index (χ2n) is 7.30. The Morgan fingerprint density at radius 2 is 1.79 bits per heavy atom. The van der Waals surface area contributed by atoms with Crippen molar-refractivity contribution in [3.05, 3.63) is 65.2 Å². The maximum absolute atomic E-state index is 11.7. The molecule has 152 valence electrons. The summed E-state index contributed by atoms with van der Waals surface area (Å²) >= 11 is 0. The van der Waals surface area contributed by atoms with E-state index >= 15 is 0 Å². The minimum absolute atomic E-state index is 0. The lowest BCUT2D eigenvalue weighted by Crippen LogP contribution is -2.40. The summed E-state index contributed by atoms with van der Waals surface area (Å²) in [4.78, 5) is 4.69. The molecule has 0 radical (unpaired) electrons. The Labute approximate surface area is 185 Å². The lowest BCUT2D eigenvalue weighted by Gasteiger charge is -2.19. The average molecular weight is 513 g/mol. The van der Waals surface area contributed by atoms with Gasteiger partial charge in [0.15, 0.2) is 15.8 Å². The van der Waals surface area contributed by atoms with Gasteiger partial charge in [-0.15, -0.1) is 24.0 Å². The highest BCUT2D eigenvalue weighted by Crippen LogP contribution is 2.47. The number of hydrogen-bond donors (Lipinski definition) is 2. The molecule has 0 aliphatic heterocycles. The van der Waals surface area contributed by atoms with Crippen molar-refractivity contribution in [1.29, 1.82) is 0 Å². The molecule has 0 bridgehead atoms. The van der Waals surface area contributed by atoms with Gasteiger partial charge in [0.05, 0.1) is 4.90 Å². The molecule has 1 aliphatic carbocycles. The predicted molar refractivity (Wildman–Crippen MR) is 125 cm³/mol. The molecular formula is C21H28IN3O2S. The quantitative estimate of drug-likeness (QED) is 0.353. The van der Waals surface area contributed by atoms with Crippen LogP contribution in [-0.4, -0.2) is 34.2 Å². The smallest absolute Gasteiger partial charge is 0.191 e. The fourth-order valence-electron chi connectivity index (χ4n) is 3.41. The Morgan fingerprint density at radius 3 is 2.32 bits per heavy atom. The van der Waals surface area contributed by atoms with E-state index in [1.54, 1.807) is 13.1 Å². The van der Waals surface area contributed by atoms with Crippen LogP contribution in [0.1, 0.15) is 29.5 Å². The van der Waals surface area contributed by atoms with Gasteiger partial charge in [-0.3, -0.25) is 4.99 Å². The van der Waals surface area contributed by atoms with Gasteiger partial charge in [-0.2, -0.15) is 0 Å². The number of halogens is 1. The van der Waals surface area contributed by atoms with E-state index in [-0.39, 0.29) is 29.4 Å². The molecule has 0 heterocycles. The molecule has 0 aromatic heterocycles. The van der Waals surface area contributed by atoms with Crippen LogP contribution in [-0.2, 0) is 21.8 Å². The van der Waals surface area contributed by atoms with Crippen LogP contribution in [0, 0.1) is 6.92 Å². The molecule has 2 aromatic rings. The van der Waals surface area contributed by atoms with Gasteiger partial charge in [0.1, 0.15) is 0 Å². The molecule has 7 heteroatoms. The van der Waals surface area contributed by atoms with E-state index in [1.165, 1.54) is 24.7 Å². The Morgan fingerprint density at radius 1 is 1.11 bits per heavy atom. The first kappa shape index (κ1) is 22.7. The molecule has 1 saturated carbocycles. The summed E-state index contributed by atoms with van der Waals surface area (Å²) in [6.07, 6.45) is 3.61. The average Bonchev–Trinajstić information content (AvgIpc) is 3.43. The summed E-state index contributed by atoms with van der Waals surface area (Å²) < 4.78 is 23.5.